The fourth-order valence-corrected chi connectivity index (χ4v) is 1.53. The number of aliphatic carboxylic acids is 1. The highest BCUT2D eigenvalue weighted by molar-refractivity contribution is 5.82. The molecule has 0 saturated heterocycles. The Bertz CT molecular complexity index is 427. The maximum absolute atomic E-state index is 11.2. The molecule has 0 spiro atoms. The Kier molecular flexibility index (Phi) is 4.31. The average Bonchev–Trinajstić information content (AvgIpc) is 2.29. The van der Waals surface area contributed by atoms with Crippen molar-refractivity contribution >= 4 is 12.4 Å². The standard InChI is InChI=1S/C13H17NO4/c1-9(2)18-11-6-4-10(5-7-11)13(3,12(16)17)14-8-15/h4-9H,1-3H3,(H,14,15)(H,16,17). The van der Waals surface area contributed by atoms with Gasteiger partial charge in [0.1, 0.15) is 5.75 Å². The molecule has 18 heavy (non-hydrogen) atoms. The van der Waals surface area contributed by atoms with Crippen LogP contribution >= 0.6 is 0 Å². The first-order valence-corrected chi connectivity index (χ1v) is 5.62. The number of nitrogens with one attached hydrogen (secondary N) is 1. The van der Waals surface area contributed by atoms with Crippen LogP contribution in [0.25, 0.3) is 0 Å². The Balaban J connectivity index is 3.01. The summed E-state index contributed by atoms with van der Waals surface area (Å²) in [6.45, 7) is 5.24. The highest BCUT2D eigenvalue weighted by Crippen LogP contribution is 2.23. The van der Waals surface area contributed by atoms with Crippen LogP contribution in [0.15, 0.2) is 24.3 Å². The van der Waals surface area contributed by atoms with Crippen LogP contribution in [-0.2, 0) is 15.1 Å². The molecular formula is C13H17NO4. The number of carboxylic acid groups (broad SMARTS) is 1. The van der Waals surface area contributed by atoms with E-state index in [0.717, 1.165) is 0 Å². The van der Waals surface area contributed by atoms with Gasteiger partial charge in [-0.25, -0.2) is 4.79 Å². The topological polar surface area (TPSA) is 75.6 Å². The van der Waals surface area contributed by atoms with E-state index in [1.165, 1.54) is 6.92 Å². The molecule has 1 aromatic carbocycles. The number of rotatable bonds is 6. The van der Waals surface area contributed by atoms with Crippen molar-refractivity contribution in [3.8, 4) is 5.75 Å². The van der Waals surface area contributed by atoms with Crippen molar-refractivity contribution in [2.75, 3.05) is 0 Å². The van der Waals surface area contributed by atoms with Crippen LogP contribution in [0.2, 0.25) is 0 Å². The fraction of sp³-hybridized carbons (Fsp3) is 0.385. The summed E-state index contributed by atoms with van der Waals surface area (Å²) in [6.07, 6.45) is 0.432. The van der Waals surface area contributed by atoms with Gasteiger partial charge < -0.3 is 15.2 Å². The number of ether oxygens (including phenoxy) is 1. The Morgan fingerprint density at radius 1 is 1.39 bits per heavy atom. The molecule has 0 aromatic heterocycles. The van der Waals surface area contributed by atoms with Gasteiger partial charge in [-0.1, -0.05) is 12.1 Å². The first-order chi connectivity index (χ1) is 8.40. The van der Waals surface area contributed by atoms with Crippen molar-refractivity contribution in [3.63, 3.8) is 0 Å². The minimum absolute atomic E-state index is 0.0507. The lowest BCUT2D eigenvalue weighted by molar-refractivity contribution is -0.145. The first kappa shape index (κ1) is 14.0. The third kappa shape index (κ3) is 3.00. The van der Waals surface area contributed by atoms with Crippen molar-refractivity contribution in [1.29, 1.82) is 0 Å². The molecule has 5 nitrogen and oxygen atoms in total. The van der Waals surface area contributed by atoms with E-state index < -0.39 is 11.5 Å². The summed E-state index contributed by atoms with van der Waals surface area (Å²) in [7, 11) is 0. The maximum Gasteiger partial charge on any atom is 0.333 e. The summed E-state index contributed by atoms with van der Waals surface area (Å²) in [6, 6.07) is 6.62. The van der Waals surface area contributed by atoms with Gasteiger partial charge in [0.05, 0.1) is 6.10 Å². The molecule has 1 aromatic rings. The number of hydrogen-bond acceptors (Lipinski definition) is 3. The van der Waals surface area contributed by atoms with Gasteiger partial charge in [0.25, 0.3) is 0 Å². The quantitative estimate of drug-likeness (QED) is 0.752. The van der Waals surface area contributed by atoms with Crippen LogP contribution in [-0.4, -0.2) is 23.6 Å². The smallest absolute Gasteiger partial charge is 0.333 e. The van der Waals surface area contributed by atoms with Crippen LogP contribution in [0.1, 0.15) is 26.3 Å². The second kappa shape index (κ2) is 5.53. The Labute approximate surface area is 106 Å². The lowest BCUT2D eigenvalue weighted by Gasteiger charge is -2.24. The predicted octanol–water partition coefficient (Wildman–Crippen LogP) is 1.52. The van der Waals surface area contributed by atoms with Crippen LogP contribution in [0.3, 0.4) is 0 Å². The lowest BCUT2D eigenvalue weighted by Crippen LogP contribution is -2.45. The van der Waals surface area contributed by atoms with Crippen molar-refractivity contribution in [3.05, 3.63) is 29.8 Å². The number of amides is 1. The van der Waals surface area contributed by atoms with Crippen LogP contribution < -0.4 is 10.1 Å². The molecule has 2 N–H and O–H groups in total. The van der Waals surface area contributed by atoms with Crippen LogP contribution in [0.5, 0.6) is 5.75 Å². The van der Waals surface area contributed by atoms with Gasteiger partial charge in [0.15, 0.2) is 5.54 Å². The Hall–Kier alpha value is -2.04. The molecule has 0 saturated carbocycles. The van der Waals surface area contributed by atoms with E-state index in [4.69, 9.17) is 4.74 Å². The molecule has 1 atom stereocenters. The number of carbonyl (C=O) groups excluding carboxylic acids is 1. The third-order valence-electron chi connectivity index (χ3n) is 2.58. The van der Waals surface area contributed by atoms with E-state index in [0.29, 0.717) is 17.7 Å². The van der Waals surface area contributed by atoms with E-state index in [1.807, 2.05) is 13.8 Å². The van der Waals surface area contributed by atoms with Gasteiger partial charge in [0, 0.05) is 0 Å². The van der Waals surface area contributed by atoms with Gasteiger partial charge in [-0.3, -0.25) is 4.79 Å². The first-order valence-electron chi connectivity index (χ1n) is 5.62. The van der Waals surface area contributed by atoms with Crippen molar-refractivity contribution in [2.45, 2.75) is 32.4 Å². The molecule has 0 aliphatic carbocycles. The molecule has 0 radical (unpaired) electrons. The van der Waals surface area contributed by atoms with Crippen molar-refractivity contribution in [1.82, 2.24) is 5.32 Å². The maximum atomic E-state index is 11.2. The van der Waals surface area contributed by atoms with Crippen molar-refractivity contribution < 1.29 is 19.4 Å². The summed E-state index contributed by atoms with van der Waals surface area (Å²) < 4.78 is 5.46. The zero-order valence-corrected chi connectivity index (χ0v) is 10.6. The number of benzene rings is 1. The highest BCUT2D eigenvalue weighted by atomic mass is 16.5. The van der Waals surface area contributed by atoms with Gasteiger partial charge >= 0.3 is 5.97 Å². The average molecular weight is 251 g/mol. The van der Waals surface area contributed by atoms with Crippen molar-refractivity contribution in [2.24, 2.45) is 0 Å². The molecule has 1 unspecified atom stereocenters. The van der Waals surface area contributed by atoms with Crippen LogP contribution in [0.4, 0.5) is 0 Å². The molecule has 0 aliphatic heterocycles. The molecule has 98 valence electrons. The predicted molar refractivity (Wildman–Crippen MR) is 66.4 cm³/mol. The van der Waals surface area contributed by atoms with E-state index in [-0.39, 0.29) is 6.10 Å². The van der Waals surface area contributed by atoms with E-state index in [2.05, 4.69) is 5.32 Å². The number of hydrogen-bond donors (Lipinski definition) is 2. The monoisotopic (exact) mass is 251 g/mol. The molecule has 5 heteroatoms. The number of carboxylic acids is 1. The second-order valence-electron chi connectivity index (χ2n) is 4.38. The minimum Gasteiger partial charge on any atom is -0.491 e. The van der Waals surface area contributed by atoms with Gasteiger partial charge in [0.2, 0.25) is 6.41 Å². The Morgan fingerprint density at radius 2 is 1.94 bits per heavy atom. The summed E-state index contributed by atoms with van der Waals surface area (Å²) in [5, 5.41) is 11.5. The molecule has 0 bridgehead atoms. The normalized spacial score (nSPS) is 13.8. The molecule has 0 aliphatic rings. The summed E-state index contributed by atoms with van der Waals surface area (Å²) >= 11 is 0. The summed E-state index contributed by atoms with van der Waals surface area (Å²) in [5.74, 6) is -0.459. The highest BCUT2D eigenvalue weighted by Gasteiger charge is 2.34. The molecule has 0 heterocycles. The summed E-state index contributed by atoms with van der Waals surface area (Å²) in [5.41, 5.74) is -0.948. The zero-order valence-electron chi connectivity index (χ0n) is 10.6. The minimum atomic E-state index is -1.43. The van der Waals surface area contributed by atoms with Gasteiger partial charge in [-0.05, 0) is 38.5 Å². The van der Waals surface area contributed by atoms with E-state index in [1.54, 1.807) is 24.3 Å². The molecule has 0 fully saturated rings. The number of carbonyl (C=O) groups is 2. The molecule has 1 amide bonds. The second-order valence-corrected chi connectivity index (χ2v) is 4.38. The Morgan fingerprint density at radius 3 is 2.33 bits per heavy atom. The van der Waals surface area contributed by atoms with Gasteiger partial charge in [-0.15, -0.1) is 0 Å². The van der Waals surface area contributed by atoms with E-state index >= 15 is 0 Å². The largest absolute Gasteiger partial charge is 0.491 e. The zero-order chi connectivity index (χ0) is 13.8. The summed E-state index contributed by atoms with van der Waals surface area (Å²) in [4.78, 5) is 21.7. The van der Waals surface area contributed by atoms with E-state index in [9.17, 15) is 14.7 Å². The van der Waals surface area contributed by atoms with Gasteiger partial charge in [-0.2, -0.15) is 0 Å². The van der Waals surface area contributed by atoms with Crippen LogP contribution in [0, 0.1) is 0 Å². The SMILES string of the molecule is CC(C)Oc1ccc(C(C)(NC=O)C(=O)O)cc1. The molecule has 1 rings (SSSR count). The fourth-order valence-electron chi connectivity index (χ4n) is 1.53. The lowest BCUT2D eigenvalue weighted by atomic mass is 9.92. The molecular weight excluding hydrogens is 234 g/mol. The third-order valence-corrected chi connectivity index (χ3v) is 2.58.